The van der Waals surface area contributed by atoms with Crippen molar-refractivity contribution < 1.29 is 4.79 Å². The molecular weight excluding hydrogens is 382 g/mol. The van der Waals surface area contributed by atoms with E-state index in [1.807, 2.05) is 62.1 Å². The van der Waals surface area contributed by atoms with E-state index in [0.717, 1.165) is 37.2 Å². The zero-order valence-corrected chi connectivity index (χ0v) is 17.8. The van der Waals surface area contributed by atoms with Crippen molar-refractivity contribution in [1.82, 2.24) is 14.5 Å². The molecule has 0 aliphatic carbocycles. The van der Waals surface area contributed by atoms with Crippen LogP contribution in [0.1, 0.15) is 30.9 Å². The van der Waals surface area contributed by atoms with Gasteiger partial charge in [0.15, 0.2) is 5.16 Å². The van der Waals surface area contributed by atoms with Gasteiger partial charge in [0.1, 0.15) is 0 Å². The summed E-state index contributed by atoms with van der Waals surface area (Å²) in [5.74, 6) is 0.113. The molecule has 5 nitrogen and oxygen atoms in total. The maximum atomic E-state index is 13.4. The van der Waals surface area contributed by atoms with E-state index in [0.29, 0.717) is 16.1 Å². The van der Waals surface area contributed by atoms with E-state index in [4.69, 9.17) is 4.98 Å². The van der Waals surface area contributed by atoms with Crippen LogP contribution in [-0.4, -0.2) is 38.7 Å². The van der Waals surface area contributed by atoms with Crippen LogP contribution >= 0.6 is 11.8 Å². The molecule has 1 amide bonds. The summed E-state index contributed by atoms with van der Waals surface area (Å²) in [4.78, 5) is 32.9. The zero-order chi connectivity index (χ0) is 20.5. The van der Waals surface area contributed by atoms with Crippen molar-refractivity contribution in [2.75, 3.05) is 13.1 Å². The third kappa shape index (κ3) is 3.81. The number of fused-ring (bicyclic) bond motifs is 1. The standard InChI is InChI=1S/C23H25N3O2S/c1-15-10-11-18(14-16(15)2)26-22(28)19-8-4-5-9-20(19)24-23(26)29-17(3)21(27)25-12-6-7-13-25/h4-5,8-11,14,17H,6-7,12-13H2,1-3H3/t17-/m0/s1. The van der Waals surface area contributed by atoms with Crippen LogP contribution in [0.5, 0.6) is 0 Å². The van der Waals surface area contributed by atoms with E-state index < -0.39 is 0 Å². The van der Waals surface area contributed by atoms with Gasteiger partial charge in [0.2, 0.25) is 5.91 Å². The van der Waals surface area contributed by atoms with E-state index in [1.165, 1.54) is 17.3 Å². The van der Waals surface area contributed by atoms with Crippen LogP contribution in [-0.2, 0) is 4.79 Å². The van der Waals surface area contributed by atoms with Crippen LogP contribution in [0.2, 0.25) is 0 Å². The van der Waals surface area contributed by atoms with Gasteiger partial charge in [-0.1, -0.05) is 30.0 Å². The van der Waals surface area contributed by atoms with Gasteiger partial charge >= 0.3 is 0 Å². The minimum atomic E-state index is -0.307. The van der Waals surface area contributed by atoms with E-state index in [1.54, 1.807) is 10.6 Å². The van der Waals surface area contributed by atoms with Crippen LogP contribution < -0.4 is 5.56 Å². The molecule has 29 heavy (non-hydrogen) atoms. The highest BCUT2D eigenvalue weighted by molar-refractivity contribution is 8.00. The van der Waals surface area contributed by atoms with E-state index in [2.05, 4.69) is 0 Å². The Bertz CT molecular complexity index is 1130. The van der Waals surface area contributed by atoms with Crippen molar-refractivity contribution in [3.05, 3.63) is 63.9 Å². The highest BCUT2D eigenvalue weighted by Crippen LogP contribution is 2.27. The van der Waals surface area contributed by atoms with Gasteiger partial charge in [-0.15, -0.1) is 0 Å². The largest absolute Gasteiger partial charge is 0.342 e. The Morgan fingerprint density at radius 2 is 1.79 bits per heavy atom. The average molecular weight is 408 g/mol. The number of hydrogen-bond acceptors (Lipinski definition) is 4. The van der Waals surface area contributed by atoms with Crippen LogP contribution in [0.15, 0.2) is 52.4 Å². The SMILES string of the molecule is Cc1ccc(-n2c(S[C@@H](C)C(=O)N3CCCC3)nc3ccccc3c2=O)cc1C. The van der Waals surface area contributed by atoms with Gasteiger partial charge in [-0.2, -0.15) is 0 Å². The zero-order valence-electron chi connectivity index (χ0n) is 17.0. The normalized spacial score (nSPS) is 15.1. The third-order valence-electron chi connectivity index (χ3n) is 5.54. The molecule has 3 aromatic rings. The van der Waals surface area contributed by atoms with E-state index in [-0.39, 0.29) is 16.7 Å². The average Bonchev–Trinajstić information content (AvgIpc) is 3.25. The maximum Gasteiger partial charge on any atom is 0.266 e. The Morgan fingerprint density at radius 3 is 2.52 bits per heavy atom. The Hall–Kier alpha value is -2.60. The number of aromatic nitrogens is 2. The molecular formula is C23H25N3O2S. The van der Waals surface area contributed by atoms with Crippen LogP contribution in [0, 0.1) is 13.8 Å². The number of hydrogen-bond donors (Lipinski definition) is 0. The number of benzene rings is 2. The van der Waals surface area contributed by atoms with Crippen molar-refractivity contribution in [2.45, 2.75) is 44.0 Å². The predicted molar refractivity (Wildman–Crippen MR) is 118 cm³/mol. The first-order valence-electron chi connectivity index (χ1n) is 10.0. The van der Waals surface area contributed by atoms with Crippen molar-refractivity contribution in [3.8, 4) is 5.69 Å². The third-order valence-corrected chi connectivity index (χ3v) is 6.58. The molecule has 0 radical (unpaired) electrons. The monoisotopic (exact) mass is 407 g/mol. The van der Waals surface area contributed by atoms with Gasteiger partial charge in [-0.05, 0) is 69.0 Å². The lowest BCUT2D eigenvalue weighted by Gasteiger charge is -2.21. The molecule has 1 saturated heterocycles. The van der Waals surface area contributed by atoms with Crippen LogP contribution in [0.4, 0.5) is 0 Å². The predicted octanol–water partition coefficient (Wildman–Crippen LogP) is 4.11. The summed E-state index contributed by atoms with van der Waals surface area (Å²) < 4.78 is 1.65. The molecule has 0 N–H and O–H groups in total. The molecule has 1 aromatic heterocycles. The topological polar surface area (TPSA) is 55.2 Å². The lowest BCUT2D eigenvalue weighted by Crippen LogP contribution is -2.34. The van der Waals surface area contributed by atoms with Crippen LogP contribution in [0.3, 0.4) is 0 Å². The van der Waals surface area contributed by atoms with Crippen molar-refractivity contribution >= 4 is 28.6 Å². The fourth-order valence-electron chi connectivity index (χ4n) is 3.69. The summed E-state index contributed by atoms with van der Waals surface area (Å²) in [6.45, 7) is 7.62. The quantitative estimate of drug-likeness (QED) is 0.483. The first-order valence-corrected chi connectivity index (χ1v) is 10.9. The Balaban J connectivity index is 1.82. The second-order valence-electron chi connectivity index (χ2n) is 7.61. The first-order chi connectivity index (χ1) is 14.0. The number of nitrogens with zero attached hydrogens (tertiary/aromatic N) is 3. The van der Waals surface area contributed by atoms with Gasteiger partial charge in [0.25, 0.3) is 5.56 Å². The fraction of sp³-hybridized carbons (Fsp3) is 0.348. The van der Waals surface area contributed by atoms with E-state index in [9.17, 15) is 9.59 Å². The van der Waals surface area contributed by atoms with Gasteiger partial charge < -0.3 is 4.90 Å². The highest BCUT2D eigenvalue weighted by atomic mass is 32.2. The smallest absolute Gasteiger partial charge is 0.266 e. The fourth-order valence-corrected chi connectivity index (χ4v) is 4.70. The number of aryl methyl sites for hydroxylation is 2. The van der Waals surface area contributed by atoms with E-state index >= 15 is 0 Å². The molecule has 150 valence electrons. The lowest BCUT2D eigenvalue weighted by atomic mass is 10.1. The number of para-hydroxylation sites is 1. The van der Waals surface area contributed by atoms with Crippen molar-refractivity contribution in [1.29, 1.82) is 0 Å². The number of carbonyl (C=O) groups excluding carboxylic acids is 1. The number of carbonyl (C=O) groups is 1. The number of rotatable bonds is 4. The van der Waals surface area contributed by atoms with Gasteiger partial charge in [-0.3, -0.25) is 14.2 Å². The molecule has 1 aliphatic heterocycles. The van der Waals surface area contributed by atoms with Gasteiger partial charge in [0, 0.05) is 13.1 Å². The molecule has 0 bridgehead atoms. The number of amides is 1. The summed E-state index contributed by atoms with van der Waals surface area (Å²) in [7, 11) is 0. The Morgan fingerprint density at radius 1 is 1.07 bits per heavy atom. The summed E-state index contributed by atoms with van der Waals surface area (Å²) in [6, 6.07) is 13.3. The Kier molecular flexibility index (Phi) is 5.46. The summed E-state index contributed by atoms with van der Waals surface area (Å²) in [6.07, 6.45) is 2.12. The number of thioether (sulfide) groups is 1. The summed E-state index contributed by atoms with van der Waals surface area (Å²) in [5, 5.41) is 0.824. The minimum absolute atomic E-state index is 0.109. The Labute approximate surface area is 174 Å². The summed E-state index contributed by atoms with van der Waals surface area (Å²) >= 11 is 1.36. The molecule has 0 spiro atoms. The van der Waals surface area contributed by atoms with Crippen molar-refractivity contribution in [2.24, 2.45) is 0 Å². The van der Waals surface area contributed by atoms with Crippen LogP contribution in [0.25, 0.3) is 16.6 Å². The molecule has 6 heteroatoms. The minimum Gasteiger partial charge on any atom is -0.342 e. The molecule has 1 fully saturated rings. The summed E-state index contributed by atoms with van der Waals surface area (Å²) in [5.41, 5.74) is 3.60. The second kappa shape index (κ2) is 8.03. The van der Waals surface area contributed by atoms with Crippen molar-refractivity contribution in [3.63, 3.8) is 0 Å². The number of likely N-dealkylation sites (tertiary alicyclic amines) is 1. The molecule has 0 saturated carbocycles. The van der Waals surface area contributed by atoms with Gasteiger partial charge in [0.05, 0.1) is 21.8 Å². The highest BCUT2D eigenvalue weighted by Gasteiger charge is 2.26. The molecule has 2 aromatic carbocycles. The molecule has 1 aliphatic rings. The maximum absolute atomic E-state index is 13.4. The molecule has 4 rings (SSSR count). The molecule has 2 heterocycles. The molecule has 0 unspecified atom stereocenters. The first kappa shape index (κ1) is 19.7. The second-order valence-corrected chi connectivity index (χ2v) is 8.92. The molecule has 1 atom stereocenters. The van der Waals surface area contributed by atoms with Gasteiger partial charge in [-0.25, -0.2) is 4.98 Å². The lowest BCUT2D eigenvalue weighted by molar-refractivity contribution is -0.129.